The van der Waals surface area contributed by atoms with Gasteiger partial charge >= 0.3 is 0 Å². The Balaban J connectivity index is 2.15. The summed E-state index contributed by atoms with van der Waals surface area (Å²) >= 11 is 0. The second kappa shape index (κ2) is 5.42. The smallest absolute Gasteiger partial charge is 0.280 e. The third-order valence-electron chi connectivity index (χ3n) is 2.56. The van der Waals surface area contributed by atoms with Crippen LogP contribution in [0.3, 0.4) is 0 Å². The molecule has 0 saturated carbocycles. The Morgan fingerprint density at radius 3 is 2.78 bits per heavy atom. The lowest BCUT2D eigenvalue weighted by molar-refractivity contribution is 0.0988. The number of nitrogens with zero attached hydrogens (tertiary/aromatic N) is 4. The molecule has 0 bridgehead atoms. The monoisotopic (exact) mass is 245 g/mol. The molecule has 0 saturated heterocycles. The maximum absolute atomic E-state index is 12.1. The second-order valence-corrected chi connectivity index (χ2v) is 3.86. The van der Waals surface area contributed by atoms with Gasteiger partial charge in [0.15, 0.2) is 5.69 Å². The summed E-state index contributed by atoms with van der Waals surface area (Å²) in [5.74, 6) is -0.190. The van der Waals surface area contributed by atoms with E-state index in [0.29, 0.717) is 18.8 Å². The quantitative estimate of drug-likeness (QED) is 0.851. The van der Waals surface area contributed by atoms with Gasteiger partial charge in [-0.2, -0.15) is 0 Å². The highest BCUT2D eigenvalue weighted by Crippen LogP contribution is 2.13. The Bertz CT molecular complexity index is 522. The molecule has 0 radical (unpaired) electrons. The average Bonchev–Trinajstić information content (AvgIpc) is 2.87. The molecule has 1 aromatic carbocycles. The minimum Gasteiger partial charge on any atom is -0.329 e. The molecule has 94 valence electrons. The standard InChI is InChI=1S/C12H15N5O/c1-16(10-5-3-2-4-6-10)12(18)11-9-17(8-7-13)15-14-11/h2-6,9H,7-8,13H2,1H3. The van der Waals surface area contributed by atoms with Crippen LogP contribution in [0.25, 0.3) is 0 Å². The number of hydrogen-bond acceptors (Lipinski definition) is 4. The van der Waals surface area contributed by atoms with Crippen molar-refractivity contribution in [2.75, 3.05) is 18.5 Å². The van der Waals surface area contributed by atoms with E-state index >= 15 is 0 Å². The minimum atomic E-state index is -0.190. The maximum atomic E-state index is 12.1. The van der Waals surface area contributed by atoms with E-state index in [0.717, 1.165) is 5.69 Å². The lowest BCUT2D eigenvalue weighted by atomic mass is 10.3. The summed E-state index contributed by atoms with van der Waals surface area (Å²) in [7, 11) is 1.71. The fourth-order valence-electron chi connectivity index (χ4n) is 1.58. The van der Waals surface area contributed by atoms with Gasteiger partial charge in [-0.1, -0.05) is 23.4 Å². The molecule has 6 heteroatoms. The SMILES string of the molecule is CN(C(=O)c1cn(CCN)nn1)c1ccccc1. The molecule has 0 atom stereocenters. The number of hydrogen-bond donors (Lipinski definition) is 1. The fourth-order valence-corrected chi connectivity index (χ4v) is 1.58. The Morgan fingerprint density at radius 2 is 2.11 bits per heavy atom. The van der Waals surface area contributed by atoms with E-state index in [1.807, 2.05) is 30.3 Å². The van der Waals surface area contributed by atoms with Crippen LogP contribution in [-0.2, 0) is 6.54 Å². The average molecular weight is 245 g/mol. The number of rotatable bonds is 4. The van der Waals surface area contributed by atoms with Crippen molar-refractivity contribution in [2.24, 2.45) is 5.73 Å². The molecule has 2 rings (SSSR count). The molecule has 1 amide bonds. The van der Waals surface area contributed by atoms with Gasteiger partial charge in [-0.3, -0.25) is 9.48 Å². The fraction of sp³-hybridized carbons (Fsp3) is 0.250. The molecule has 0 aliphatic carbocycles. The molecular formula is C12H15N5O. The van der Waals surface area contributed by atoms with Gasteiger partial charge in [-0.05, 0) is 12.1 Å². The molecule has 0 aliphatic rings. The minimum absolute atomic E-state index is 0.190. The molecule has 0 spiro atoms. The first-order valence-corrected chi connectivity index (χ1v) is 5.65. The number of benzene rings is 1. The lowest BCUT2D eigenvalue weighted by Gasteiger charge is -2.15. The number of aromatic nitrogens is 3. The zero-order valence-corrected chi connectivity index (χ0v) is 10.2. The van der Waals surface area contributed by atoms with E-state index in [1.54, 1.807) is 17.9 Å². The van der Waals surface area contributed by atoms with E-state index in [9.17, 15) is 4.79 Å². The van der Waals surface area contributed by atoms with Crippen LogP contribution in [0, 0.1) is 0 Å². The van der Waals surface area contributed by atoms with E-state index in [2.05, 4.69) is 10.3 Å². The van der Waals surface area contributed by atoms with Gasteiger partial charge in [0.1, 0.15) is 0 Å². The molecular weight excluding hydrogens is 230 g/mol. The predicted octanol–water partition coefficient (Wildman–Crippen LogP) is 0.513. The number of anilines is 1. The molecule has 2 aromatic rings. The number of amides is 1. The van der Waals surface area contributed by atoms with Crippen molar-refractivity contribution in [1.29, 1.82) is 0 Å². The molecule has 18 heavy (non-hydrogen) atoms. The van der Waals surface area contributed by atoms with Gasteiger partial charge in [0.05, 0.1) is 12.7 Å². The highest BCUT2D eigenvalue weighted by Gasteiger charge is 2.16. The van der Waals surface area contributed by atoms with Crippen molar-refractivity contribution < 1.29 is 4.79 Å². The molecule has 1 aromatic heterocycles. The molecule has 1 heterocycles. The third-order valence-corrected chi connectivity index (χ3v) is 2.56. The van der Waals surface area contributed by atoms with Crippen LogP contribution in [0.1, 0.15) is 10.5 Å². The topological polar surface area (TPSA) is 77.0 Å². The summed E-state index contributed by atoms with van der Waals surface area (Å²) in [5.41, 5.74) is 6.54. The summed E-state index contributed by atoms with van der Waals surface area (Å²) in [5, 5.41) is 7.69. The number of nitrogens with two attached hydrogens (primary N) is 1. The van der Waals surface area contributed by atoms with Crippen LogP contribution in [0.4, 0.5) is 5.69 Å². The number of carbonyl (C=O) groups excluding carboxylic acids is 1. The molecule has 0 unspecified atom stereocenters. The van der Waals surface area contributed by atoms with Gasteiger partial charge < -0.3 is 10.6 Å². The summed E-state index contributed by atoms with van der Waals surface area (Å²) in [4.78, 5) is 13.7. The first-order chi connectivity index (χ1) is 8.72. The third kappa shape index (κ3) is 2.54. The summed E-state index contributed by atoms with van der Waals surface area (Å²) in [6.07, 6.45) is 1.61. The van der Waals surface area contributed by atoms with Crippen LogP contribution in [-0.4, -0.2) is 34.5 Å². The highest BCUT2D eigenvalue weighted by molar-refractivity contribution is 6.04. The summed E-state index contributed by atoms with van der Waals surface area (Å²) in [6, 6.07) is 9.39. The largest absolute Gasteiger partial charge is 0.329 e. The van der Waals surface area contributed by atoms with Gasteiger partial charge in [-0.15, -0.1) is 5.10 Å². The van der Waals surface area contributed by atoms with Gasteiger partial charge in [-0.25, -0.2) is 0 Å². The normalized spacial score (nSPS) is 10.3. The van der Waals surface area contributed by atoms with Crippen LogP contribution in [0.5, 0.6) is 0 Å². The van der Waals surface area contributed by atoms with Crippen molar-refractivity contribution in [1.82, 2.24) is 15.0 Å². The van der Waals surface area contributed by atoms with Crippen LogP contribution >= 0.6 is 0 Å². The van der Waals surface area contributed by atoms with Crippen molar-refractivity contribution in [3.05, 3.63) is 42.2 Å². The molecule has 0 fully saturated rings. The Kier molecular flexibility index (Phi) is 3.69. The Hall–Kier alpha value is -2.21. The lowest BCUT2D eigenvalue weighted by Crippen LogP contribution is -2.26. The van der Waals surface area contributed by atoms with Crippen molar-refractivity contribution in [2.45, 2.75) is 6.54 Å². The first kappa shape index (κ1) is 12.3. The van der Waals surface area contributed by atoms with Crippen molar-refractivity contribution in [3.8, 4) is 0 Å². The molecule has 0 aliphatic heterocycles. The van der Waals surface area contributed by atoms with Gasteiger partial charge in [0.2, 0.25) is 0 Å². The second-order valence-electron chi connectivity index (χ2n) is 3.86. The number of carbonyl (C=O) groups is 1. The summed E-state index contributed by atoms with van der Waals surface area (Å²) in [6.45, 7) is 1.01. The molecule has 6 nitrogen and oxygen atoms in total. The zero-order chi connectivity index (χ0) is 13.0. The summed E-state index contributed by atoms with van der Waals surface area (Å²) < 4.78 is 1.56. The predicted molar refractivity (Wildman–Crippen MR) is 68.3 cm³/mol. The molecule has 2 N–H and O–H groups in total. The Morgan fingerprint density at radius 1 is 1.39 bits per heavy atom. The highest BCUT2D eigenvalue weighted by atomic mass is 16.2. The van der Waals surface area contributed by atoms with E-state index < -0.39 is 0 Å². The Labute approximate surface area is 105 Å². The van der Waals surface area contributed by atoms with E-state index in [1.165, 1.54) is 4.90 Å². The van der Waals surface area contributed by atoms with Gasteiger partial charge in [0, 0.05) is 19.3 Å². The van der Waals surface area contributed by atoms with E-state index in [4.69, 9.17) is 5.73 Å². The zero-order valence-electron chi connectivity index (χ0n) is 10.2. The maximum Gasteiger partial charge on any atom is 0.280 e. The van der Waals surface area contributed by atoms with Crippen LogP contribution < -0.4 is 10.6 Å². The van der Waals surface area contributed by atoms with Crippen LogP contribution in [0.2, 0.25) is 0 Å². The van der Waals surface area contributed by atoms with Crippen molar-refractivity contribution in [3.63, 3.8) is 0 Å². The van der Waals surface area contributed by atoms with E-state index in [-0.39, 0.29) is 5.91 Å². The first-order valence-electron chi connectivity index (χ1n) is 5.65. The number of para-hydroxylation sites is 1. The van der Waals surface area contributed by atoms with Crippen molar-refractivity contribution >= 4 is 11.6 Å². The van der Waals surface area contributed by atoms with Gasteiger partial charge in [0.25, 0.3) is 5.91 Å². The van der Waals surface area contributed by atoms with Crippen LogP contribution in [0.15, 0.2) is 36.5 Å².